The Morgan fingerprint density at radius 2 is 1.68 bits per heavy atom. The second-order valence-corrected chi connectivity index (χ2v) is 10.3. The molecule has 198 valence electrons. The Hall–Kier alpha value is -3.18. The molecule has 0 spiro atoms. The van der Waals surface area contributed by atoms with Crippen LogP contribution in [0.5, 0.6) is 0 Å². The standard InChI is InChI=1S/C26H32N4O5S2/c1-7-30-22(18-12-10-17(11-13-18)15(4)5)28-29-26(30)36-14-19(31)27-23-20(24(32)34-8-2)16(6)21(37-23)25(33)35-9-3/h10-13,15H,7-9,14H2,1-6H3,(H,27,31). The minimum atomic E-state index is -0.603. The van der Waals surface area contributed by atoms with Crippen LogP contribution in [-0.2, 0) is 20.8 Å². The van der Waals surface area contributed by atoms with Crippen LogP contribution in [0.25, 0.3) is 11.4 Å². The monoisotopic (exact) mass is 544 g/mol. The molecule has 0 aliphatic carbocycles. The van der Waals surface area contributed by atoms with Crippen LogP contribution >= 0.6 is 23.1 Å². The zero-order valence-electron chi connectivity index (χ0n) is 21.9. The van der Waals surface area contributed by atoms with Crippen LogP contribution in [0.2, 0.25) is 0 Å². The predicted molar refractivity (Wildman–Crippen MR) is 146 cm³/mol. The number of hydrogen-bond acceptors (Lipinski definition) is 9. The normalized spacial score (nSPS) is 11.0. The highest BCUT2D eigenvalue weighted by Gasteiger charge is 2.27. The maximum atomic E-state index is 12.9. The number of amides is 1. The summed E-state index contributed by atoms with van der Waals surface area (Å²) < 4.78 is 12.2. The average Bonchev–Trinajstić information content (AvgIpc) is 3.43. The van der Waals surface area contributed by atoms with Crippen molar-refractivity contribution in [3.8, 4) is 11.4 Å². The van der Waals surface area contributed by atoms with E-state index >= 15 is 0 Å². The minimum absolute atomic E-state index is 0.0401. The van der Waals surface area contributed by atoms with Gasteiger partial charge in [-0.15, -0.1) is 21.5 Å². The molecule has 1 aromatic carbocycles. The maximum Gasteiger partial charge on any atom is 0.348 e. The second-order valence-electron chi connectivity index (χ2n) is 8.37. The predicted octanol–water partition coefficient (Wildman–Crippen LogP) is 5.54. The molecule has 1 N–H and O–H groups in total. The summed E-state index contributed by atoms with van der Waals surface area (Å²) in [6, 6.07) is 8.24. The molecule has 0 aliphatic heterocycles. The first-order chi connectivity index (χ1) is 17.7. The first kappa shape index (κ1) is 28.4. The zero-order chi connectivity index (χ0) is 27.1. The second kappa shape index (κ2) is 12.9. The van der Waals surface area contributed by atoms with Gasteiger partial charge < -0.3 is 19.4 Å². The molecule has 3 aromatic rings. The van der Waals surface area contributed by atoms with E-state index in [1.807, 2.05) is 23.6 Å². The van der Waals surface area contributed by atoms with Crippen molar-refractivity contribution in [2.45, 2.75) is 59.2 Å². The van der Waals surface area contributed by atoms with Gasteiger partial charge in [-0.05, 0) is 44.7 Å². The Kier molecular flexibility index (Phi) is 9.87. The largest absolute Gasteiger partial charge is 0.462 e. The third-order valence-electron chi connectivity index (χ3n) is 5.54. The van der Waals surface area contributed by atoms with Gasteiger partial charge in [-0.3, -0.25) is 4.79 Å². The number of nitrogens with one attached hydrogen (secondary N) is 1. The topological polar surface area (TPSA) is 112 Å². The number of rotatable bonds is 11. The number of carbonyl (C=O) groups is 3. The maximum absolute atomic E-state index is 12.9. The van der Waals surface area contributed by atoms with Crippen molar-refractivity contribution < 1.29 is 23.9 Å². The number of ether oxygens (including phenoxy) is 2. The summed E-state index contributed by atoms with van der Waals surface area (Å²) in [6.45, 7) is 12.3. The van der Waals surface area contributed by atoms with Crippen LogP contribution in [0.4, 0.5) is 5.00 Å². The van der Waals surface area contributed by atoms with Gasteiger partial charge in [0.1, 0.15) is 9.88 Å². The molecule has 2 aromatic heterocycles. The zero-order valence-corrected chi connectivity index (χ0v) is 23.5. The quantitative estimate of drug-likeness (QED) is 0.247. The molecule has 2 heterocycles. The first-order valence-electron chi connectivity index (χ1n) is 12.1. The SMILES string of the molecule is CCOC(=O)c1sc(NC(=O)CSc2nnc(-c3ccc(C(C)C)cc3)n2CC)c(C(=O)OCC)c1C. The fraction of sp³-hybridized carbons (Fsp3) is 0.423. The highest BCUT2D eigenvalue weighted by molar-refractivity contribution is 7.99. The highest BCUT2D eigenvalue weighted by Crippen LogP contribution is 2.35. The Bertz CT molecular complexity index is 1260. The van der Waals surface area contributed by atoms with E-state index in [4.69, 9.17) is 9.47 Å². The van der Waals surface area contributed by atoms with Crippen molar-refractivity contribution in [2.24, 2.45) is 0 Å². The van der Waals surface area contributed by atoms with Crippen LogP contribution in [0, 0.1) is 6.92 Å². The molecule has 0 atom stereocenters. The molecule has 0 saturated heterocycles. The van der Waals surface area contributed by atoms with Crippen LogP contribution in [0.3, 0.4) is 0 Å². The van der Waals surface area contributed by atoms with E-state index in [-0.39, 0.29) is 40.3 Å². The van der Waals surface area contributed by atoms with Crippen molar-refractivity contribution in [1.29, 1.82) is 0 Å². The molecular formula is C26H32N4O5S2. The van der Waals surface area contributed by atoms with Crippen LogP contribution < -0.4 is 5.32 Å². The number of aromatic nitrogens is 3. The number of nitrogens with zero attached hydrogens (tertiary/aromatic N) is 3. The molecule has 0 unspecified atom stereocenters. The van der Waals surface area contributed by atoms with Gasteiger partial charge in [-0.25, -0.2) is 9.59 Å². The van der Waals surface area contributed by atoms with Gasteiger partial charge >= 0.3 is 11.9 Å². The molecular weight excluding hydrogens is 512 g/mol. The fourth-order valence-electron chi connectivity index (χ4n) is 3.65. The van der Waals surface area contributed by atoms with E-state index in [0.717, 1.165) is 22.7 Å². The van der Waals surface area contributed by atoms with Crippen molar-refractivity contribution in [2.75, 3.05) is 24.3 Å². The smallest absolute Gasteiger partial charge is 0.348 e. The van der Waals surface area contributed by atoms with Gasteiger partial charge in [0.2, 0.25) is 5.91 Å². The van der Waals surface area contributed by atoms with Crippen molar-refractivity contribution >= 4 is 45.9 Å². The van der Waals surface area contributed by atoms with Crippen molar-refractivity contribution in [3.05, 3.63) is 45.8 Å². The summed E-state index contributed by atoms with van der Waals surface area (Å²) in [5, 5.41) is 12.3. The van der Waals surface area contributed by atoms with Gasteiger partial charge in [0, 0.05) is 12.1 Å². The molecule has 0 radical (unpaired) electrons. The molecule has 0 aliphatic rings. The van der Waals surface area contributed by atoms with Gasteiger partial charge in [-0.2, -0.15) is 0 Å². The summed E-state index contributed by atoms with van der Waals surface area (Å²) in [6.07, 6.45) is 0. The average molecular weight is 545 g/mol. The number of benzene rings is 1. The lowest BCUT2D eigenvalue weighted by molar-refractivity contribution is -0.113. The molecule has 0 fully saturated rings. The van der Waals surface area contributed by atoms with Crippen molar-refractivity contribution in [3.63, 3.8) is 0 Å². The number of esters is 2. The van der Waals surface area contributed by atoms with Crippen molar-refractivity contribution in [1.82, 2.24) is 14.8 Å². The Balaban J connectivity index is 1.77. The summed E-state index contributed by atoms with van der Waals surface area (Å²) in [5.41, 5.74) is 2.78. The summed E-state index contributed by atoms with van der Waals surface area (Å²) >= 11 is 2.25. The number of thiophene rings is 1. The summed E-state index contributed by atoms with van der Waals surface area (Å²) in [5.74, 6) is -0.283. The highest BCUT2D eigenvalue weighted by atomic mass is 32.2. The van der Waals surface area contributed by atoms with Gasteiger partial charge in [0.05, 0.1) is 24.5 Å². The number of thioether (sulfide) groups is 1. The Morgan fingerprint density at radius 3 is 2.27 bits per heavy atom. The Morgan fingerprint density at radius 1 is 1.03 bits per heavy atom. The van der Waals surface area contributed by atoms with E-state index in [1.54, 1.807) is 20.8 Å². The molecule has 0 saturated carbocycles. The minimum Gasteiger partial charge on any atom is -0.462 e. The van der Waals surface area contributed by atoms with E-state index < -0.39 is 11.9 Å². The molecule has 9 nitrogen and oxygen atoms in total. The van der Waals surface area contributed by atoms with Crippen LogP contribution in [-0.4, -0.2) is 51.6 Å². The molecule has 1 amide bonds. The lowest BCUT2D eigenvalue weighted by Gasteiger charge is -2.09. The van der Waals surface area contributed by atoms with E-state index in [1.165, 1.54) is 17.3 Å². The molecule has 3 rings (SSSR count). The first-order valence-corrected chi connectivity index (χ1v) is 14.0. The summed E-state index contributed by atoms with van der Waals surface area (Å²) in [4.78, 5) is 38.0. The third-order valence-corrected chi connectivity index (χ3v) is 7.70. The molecule has 37 heavy (non-hydrogen) atoms. The van der Waals surface area contributed by atoms with Crippen LogP contribution in [0.15, 0.2) is 29.4 Å². The van der Waals surface area contributed by atoms with E-state index in [0.29, 0.717) is 23.2 Å². The van der Waals surface area contributed by atoms with Gasteiger partial charge in [0.25, 0.3) is 0 Å². The van der Waals surface area contributed by atoms with Crippen LogP contribution in [0.1, 0.15) is 71.7 Å². The Labute approximate surface area is 225 Å². The molecule has 0 bridgehead atoms. The number of hydrogen-bond donors (Lipinski definition) is 1. The number of carbonyl (C=O) groups excluding carboxylic acids is 3. The van der Waals surface area contributed by atoms with Gasteiger partial charge in [0.15, 0.2) is 11.0 Å². The lowest BCUT2D eigenvalue weighted by Crippen LogP contribution is -2.17. The molecule has 11 heteroatoms. The summed E-state index contributed by atoms with van der Waals surface area (Å²) in [7, 11) is 0. The fourth-order valence-corrected chi connectivity index (χ4v) is 5.55. The lowest BCUT2D eigenvalue weighted by atomic mass is 10.0. The number of anilines is 1. The van der Waals surface area contributed by atoms with E-state index in [9.17, 15) is 14.4 Å². The van der Waals surface area contributed by atoms with E-state index in [2.05, 4.69) is 41.5 Å². The third kappa shape index (κ3) is 6.58. The van der Waals surface area contributed by atoms with Gasteiger partial charge in [-0.1, -0.05) is 49.9 Å².